The van der Waals surface area contributed by atoms with E-state index in [0.29, 0.717) is 0 Å². The first-order valence-electron chi connectivity index (χ1n) is 8.31. The lowest BCUT2D eigenvalue weighted by Crippen LogP contribution is -2.54. The predicted octanol–water partition coefficient (Wildman–Crippen LogP) is 0.887. The molecule has 2 heterocycles. The average Bonchev–Trinajstić information content (AvgIpc) is 2.99. The second-order valence-electron chi connectivity index (χ2n) is 6.76. The van der Waals surface area contributed by atoms with Gasteiger partial charge < -0.3 is 19.5 Å². The zero-order valence-corrected chi connectivity index (χ0v) is 15.0. The van der Waals surface area contributed by atoms with Gasteiger partial charge in [-0.05, 0) is 0 Å². The quantitative estimate of drug-likeness (QED) is 0.847. The summed E-state index contributed by atoms with van der Waals surface area (Å²) >= 11 is 0. The minimum atomic E-state index is -5.06. The lowest BCUT2D eigenvalue weighted by molar-refractivity contribution is -0.272. The van der Waals surface area contributed by atoms with Crippen LogP contribution in [0.2, 0.25) is 0 Å². The fraction of sp³-hybridized carbons (Fsp3) is 0.688. The van der Waals surface area contributed by atoms with Gasteiger partial charge in [0.25, 0.3) is 0 Å². The van der Waals surface area contributed by atoms with Gasteiger partial charge in [-0.15, -0.1) is 0 Å². The van der Waals surface area contributed by atoms with Gasteiger partial charge in [0.15, 0.2) is 5.82 Å². The first-order chi connectivity index (χ1) is 12.0. The van der Waals surface area contributed by atoms with Crippen molar-refractivity contribution in [2.75, 3.05) is 26.2 Å². The van der Waals surface area contributed by atoms with Crippen LogP contribution in [0.5, 0.6) is 0 Å². The maximum atomic E-state index is 13.5. The first kappa shape index (κ1) is 20.2. The van der Waals surface area contributed by atoms with Gasteiger partial charge in [0.1, 0.15) is 0 Å². The molecule has 1 aromatic heterocycles. The molecule has 0 radical (unpaired) electrons. The van der Waals surface area contributed by atoms with Crippen LogP contribution >= 0.6 is 0 Å². The topological polar surface area (TPSA) is 78.7 Å². The molecule has 0 aromatic carbocycles. The molecule has 1 aliphatic rings. The molecule has 26 heavy (non-hydrogen) atoms. The maximum absolute atomic E-state index is 13.5. The molecule has 0 aliphatic carbocycles. The van der Waals surface area contributed by atoms with Crippen LogP contribution in [0.1, 0.15) is 26.1 Å². The molecule has 1 N–H and O–H groups in total. The van der Waals surface area contributed by atoms with Crippen molar-refractivity contribution < 1.29 is 27.9 Å². The Kier molecular flexibility index (Phi) is 5.64. The summed E-state index contributed by atoms with van der Waals surface area (Å²) in [6, 6.07) is 0. The monoisotopic (exact) mass is 376 g/mol. The van der Waals surface area contributed by atoms with E-state index in [-0.39, 0.29) is 38.0 Å². The van der Waals surface area contributed by atoms with Crippen molar-refractivity contribution in [3.8, 4) is 0 Å². The fourth-order valence-electron chi connectivity index (χ4n) is 2.94. The van der Waals surface area contributed by atoms with Crippen LogP contribution in [-0.2, 0) is 22.2 Å². The van der Waals surface area contributed by atoms with Crippen molar-refractivity contribution in [2.24, 2.45) is 13.0 Å². The second kappa shape index (κ2) is 7.26. The third-order valence-corrected chi connectivity index (χ3v) is 4.51. The number of nitrogens with zero attached hydrogens (tertiary/aromatic N) is 4. The minimum Gasteiger partial charge on any atom is -0.374 e. The SMILES string of the molecule is CC(C)C(=O)N1CCN(C(=O)CC(O)(c2nccn2C)C(F)(F)F)CC1. The molecule has 1 atom stereocenters. The summed E-state index contributed by atoms with van der Waals surface area (Å²) in [5, 5.41) is 10.3. The van der Waals surface area contributed by atoms with Gasteiger partial charge in [-0.25, -0.2) is 4.98 Å². The summed E-state index contributed by atoms with van der Waals surface area (Å²) in [4.78, 5) is 30.8. The molecule has 1 aliphatic heterocycles. The van der Waals surface area contributed by atoms with Crippen molar-refractivity contribution in [3.05, 3.63) is 18.2 Å². The number of rotatable bonds is 4. The smallest absolute Gasteiger partial charge is 0.374 e. The Morgan fingerprint density at radius 2 is 1.73 bits per heavy atom. The van der Waals surface area contributed by atoms with Gasteiger partial charge in [-0.3, -0.25) is 9.59 Å². The summed E-state index contributed by atoms with van der Waals surface area (Å²) in [7, 11) is 1.32. The maximum Gasteiger partial charge on any atom is 0.425 e. The number of carbonyl (C=O) groups is 2. The van der Waals surface area contributed by atoms with E-state index >= 15 is 0 Å². The minimum absolute atomic E-state index is 0.0584. The highest BCUT2D eigenvalue weighted by molar-refractivity contribution is 5.80. The largest absolute Gasteiger partial charge is 0.425 e. The molecule has 0 spiro atoms. The van der Waals surface area contributed by atoms with Gasteiger partial charge in [0, 0.05) is 51.5 Å². The van der Waals surface area contributed by atoms with Crippen molar-refractivity contribution in [2.45, 2.75) is 32.0 Å². The standard InChI is InChI=1S/C16H23F3N4O3/c1-11(2)13(25)23-8-6-22(7-9-23)12(24)10-15(26,16(17,18)19)14-20-4-5-21(14)3/h4-5,11,26H,6-10H2,1-3H3. The van der Waals surface area contributed by atoms with Crippen LogP contribution in [0.15, 0.2) is 12.4 Å². The molecule has 1 fully saturated rings. The number of imidazole rings is 1. The van der Waals surface area contributed by atoms with Gasteiger partial charge in [0.2, 0.25) is 17.4 Å². The molecule has 1 saturated heterocycles. The van der Waals surface area contributed by atoms with E-state index in [0.717, 1.165) is 10.8 Å². The molecule has 1 aromatic rings. The van der Waals surface area contributed by atoms with Crippen LogP contribution in [0.3, 0.4) is 0 Å². The Morgan fingerprint density at radius 1 is 1.19 bits per heavy atom. The van der Waals surface area contributed by atoms with E-state index in [4.69, 9.17) is 0 Å². The highest BCUT2D eigenvalue weighted by atomic mass is 19.4. The Labute approximate surface area is 149 Å². The van der Waals surface area contributed by atoms with Crippen molar-refractivity contribution in [1.82, 2.24) is 19.4 Å². The second-order valence-corrected chi connectivity index (χ2v) is 6.76. The molecule has 7 nitrogen and oxygen atoms in total. The van der Waals surface area contributed by atoms with Crippen molar-refractivity contribution in [1.29, 1.82) is 0 Å². The van der Waals surface area contributed by atoms with Crippen LogP contribution in [-0.4, -0.2) is 68.6 Å². The lowest BCUT2D eigenvalue weighted by atomic mass is 9.96. The molecule has 2 amide bonds. The van der Waals surface area contributed by atoms with Crippen LogP contribution in [0, 0.1) is 5.92 Å². The van der Waals surface area contributed by atoms with E-state index in [2.05, 4.69) is 4.98 Å². The van der Waals surface area contributed by atoms with Crippen LogP contribution in [0.4, 0.5) is 13.2 Å². The Balaban J connectivity index is 2.10. The zero-order valence-electron chi connectivity index (χ0n) is 15.0. The number of carbonyl (C=O) groups excluding carboxylic acids is 2. The summed E-state index contributed by atoms with van der Waals surface area (Å²) < 4.78 is 41.6. The summed E-state index contributed by atoms with van der Waals surface area (Å²) in [6.45, 7) is 4.30. The number of amides is 2. The van der Waals surface area contributed by atoms with Crippen molar-refractivity contribution >= 4 is 11.8 Å². The zero-order chi connectivity index (χ0) is 19.7. The number of halogens is 3. The summed E-state index contributed by atoms with van der Waals surface area (Å²) in [5.74, 6) is -1.70. The average molecular weight is 376 g/mol. The highest BCUT2D eigenvalue weighted by Crippen LogP contribution is 2.41. The molecule has 0 bridgehead atoms. The Hall–Kier alpha value is -2.10. The molecule has 0 saturated carbocycles. The molecular weight excluding hydrogens is 353 g/mol. The number of hydrogen-bond donors (Lipinski definition) is 1. The normalized spacial score (nSPS) is 18.2. The van der Waals surface area contributed by atoms with Gasteiger partial charge in [0.05, 0.1) is 6.42 Å². The van der Waals surface area contributed by atoms with E-state index in [9.17, 15) is 27.9 Å². The number of aliphatic hydroxyl groups is 1. The van der Waals surface area contributed by atoms with Crippen LogP contribution < -0.4 is 0 Å². The summed E-state index contributed by atoms with van der Waals surface area (Å²) in [5.41, 5.74) is -3.37. The van der Waals surface area contributed by atoms with E-state index in [1.807, 2.05) is 0 Å². The van der Waals surface area contributed by atoms with Crippen molar-refractivity contribution in [3.63, 3.8) is 0 Å². The molecule has 146 valence electrons. The van der Waals surface area contributed by atoms with Gasteiger partial charge >= 0.3 is 6.18 Å². The van der Waals surface area contributed by atoms with E-state index < -0.39 is 29.9 Å². The summed E-state index contributed by atoms with van der Waals surface area (Å²) in [6.07, 6.45) is -3.81. The molecule has 10 heteroatoms. The Bertz CT molecular complexity index is 666. The number of aryl methyl sites for hydroxylation is 1. The number of alkyl halides is 3. The fourth-order valence-corrected chi connectivity index (χ4v) is 2.94. The molecule has 1 unspecified atom stereocenters. The van der Waals surface area contributed by atoms with Gasteiger partial charge in [-0.1, -0.05) is 13.8 Å². The van der Waals surface area contributed by atoms with E-state index in [1.54, 1.807) is 18.7 Å². The lowest BCUT2D eigenvalue weighted by Gasteiger charge is -2.37. The highest BCUT2D eigenvalue weighted by Gasteiger charge is 2.59. The molecular formula is C16H23F3N4O3. The molecule has 2 rings (SSSR count). The predicted molar refractivity (Wildman–Crippen MR) is 85.8 cm³/mol. The first-order valence-corrected chi connectivity index (χ1v) is 8.31. The number of piperazine rings is 1. The van der Waals surface area contributed by atoms with E-state index in [1.165, 1.54) is 18.1 Å². The van der Waals surface area contributed by atoms with Gasteiger partial charge in [-0.2, -0.15) is 13.2 Å². The number of aromatic nitrogens is 2. The van der Waals surface area contributed by atoms with Crippen LogP contribution in [0.25, 0.3) is 0 Å². The third-order valence-electron chi connectivity index (χ3n) is 4.51. The number of hydrogen-bond acceptors (Lipinski definition) is 4. The Morgan fingerprint density at radius 3 is 2.15 bits per heavy atom. The third kappa shape index (κ3) is 3.84.